The standard InChI is InChI=1S/C13H18N2O4S2/c16-8-2-1-3-12-4-5-13(20-12)11-14-21(17,18)15-6-9-19-10-7-15/h4-5,14,16H,2,6-11H2. The lowest BCUT2D eigenvalue weighted by atomic mass is 10.4. The van der Waals surface area contributed by atoms with Gasteiger partial charge in [0.1, 0.15) is 0 Å². The van der Waals surface area contributed by atoms with Crippen molar-refractivity contribution in [1.82, 2.24) is 9.03 Å². The number of thiophene rings is 1. The zero-order valence-electron chi connectivity index (χ0n) is 11.5. The molecule has 116 valence electrons. The number of hydrogen-bond acceptors (Lipinski definition) is 5. The summed E-state index contributed by atoms with van der Waals surface area (Å²) in [6.45, 7) is 1.95. The largest absolute Gasteiger partial charge is 0.395 e. The van der Waals surface area contributed by atoms with Gasteiger partial charge in [-0.15, -0.1) is 11.3 Å². The molecule has 0 unspecified atom stereocenters. The fourth-order valence-electron chi connectivity index (χ4n) is 1.79. The van der Waals surface area contributed by atoms with Gasteiger partial charge in [0.25, 0.3) is 10.2 Å². The number of nitrogens with one attached hydrogen (secondary N) is 1. The summed E-state index contributed by atoms with van der Waals surface area (Å²) in [4.78, 5) is 1.77. The monoisotopic (exact) mass is 330 g/mol. The average molecular weight is 330 g/mol. The van der Waals surface area contributed by atoms with Gasteiger partial charge in [0.2, 0.25) is 0 Å². The molecule has 1 saturated heterocycles. The molecule has 2 rings (SSSR count). The zero-order valence-corrected chi connectivity index (χ0v) is 13.2. The van der Waals surface area contributed by atoms with E-state index < -0.39 is 10.2 Å². The van der Waals surface area contributed by atoms with Crippen LogP contribution in [0.1, 0.15) is 16.2 Å². The van der Waals surface area contributed by atoms with Crippen LogP contribution in [0.2, 0.25) is 0 Å². The fraction of sp³-hybridized carbons (Fsp3) is 0.538. The van der Waals surface area contributed by atoms with E-state index in [1.54, 1.807) is 0 Å². The minimum Gasteiger partial charge on any atom is -0.395 e. The molecule has 1 fully saturated rings. The van der Waals surface area contributed by atoms with Crippen LogP contribution < -0.4 is 4.72 Å². The van der Waals surface area contributed by atoms with Crippen molar-refractivity contribution in [2.75, 3.05) is 32.9 Å². The van der Waals surface area contributed by atoms with E-state index in [2.05, 4.69) is 16.6 Å². The Labute approximate surface area is 128 Å². The van der Waals surface area contributed by atoms with Gasteiger partial charge in [-0.1, -0.05) is 11.8 Å². The molecular formula is C13H18N2O4S2. The first-order valence-electron chi connectivity index (χ1n) is 6.63. The Morgan fingerprint density at radius 2 is 2.14 bits per heavy atom. The van der Waals surface area contributed by atoms with Crippen molar-refractivity contribution < 1.29 is 18.3 Å². The molecule has 0 aliphatic carbocycles. The number of aliphatic hydroxyl groups is 1. The lowest BCUT2D eigenvalue weighted by Gasteiger charge is -2.25. The van der Waals surface area contributed by atoms with Crippen molar-refractivity contribution in [3.8, 4) is 11.8 Å². The van der Waals surface area contributed by atoms with Crippen molar-refractivity contribution in [2.24, 2.45) is 0 Å². The Kier molecular flexibility index (Phi) is 6.17. The SMILES string of the molecule is O=S(=O)(NCc1ccc(C#CCCO)s1)N1CCOCC1. The topological polar surface area (TPSA) is 78.9 Å². The number of ether oxygens (including phenoxy) is 1. The van der Waals surface area contributed by atoms with Crippen LogP contribution in [-0.2, 0) is 21.5 Å². The van der Waals surface area contributed by atoms with Gasteiger partial charge < -0.3 is 9.84 Å². The highest BCUT2D eigenvalue weighted by Crippen LogP contribution is 2.16. The molecule has 2 N–H and O–H groups in total. The van der Waals surface area contributed by atoms with Gasteiger partial charge in [0, 0.05) is 30.9 Å². The van der Waals surface area contributed by atoms with Crippen LogP contribution in [0.25, 0.3) is 0 Å². The molecule has 0 radical (unpaired) electrons. The molecule has 6 nitrogen and oxygen atoms in total. The maximum absolute atomic E-state index is 12.1. The number of hydrogen-bond donors (Lipinski definition) is 2. The van der Waals surface area contributed by atoms with Gasteiger partial charge in [-0.2, -0.15) is 17.4 Å². The van der Waals surface area contributed by atoms with Gasteiger partial charge in [-0.05, 0) is 12.1 Å². The van der Waals surface area contributed by atoms with Crippen molar-refractivity contribution >= 4 is 21.5 Å². The summed E-state index contributed by atoms with van der Waals surface area (Å²) in [7, 11) is -3.45. The van der Waals surface area contributed by atoms with E-state index in [4.69, 9.17) is 9.84 Å². The molecule has 0 amide bonds. The minimum absolute atomic E-state index is 0.0462. The summed E-state index contributed by atoms with van der Waals surface area (Å²) < 4.78 is 33.3. The highest BCUT2D eigenvalue weighted by atomic mass is 32.2. The summed E-state index contributed by atoms with van der Waals surface area (Å²) in [5, 5.41) is 8.66. The van der Waals surface area contributed by atoms with Crippen LogP contribution >= 0.6 is 11.3 Å². The Morgan fingerprint density at radius 1 is 1.38 bits per heavy atom. The van der Waals surface area contributed by atoms with E-state index in [1.165, 1.54) is 15.6 Å². The number of morpholine rings is 1. The highest BCUT2D eigenvalue weighted by molar-refractivity contribution is 7.87. The smallest absolute Gasteiger partial charge is 0.279 e. The normalized spacial score (nSPS) is 16.4. The summed E-state index contributed by atoms with van der Waals surface area (Å²) >= 11 is 1.45. The number of aliphatic hydroxyl groups excluding tert-OH is 1. The van der Waals surface area contributed by atoms with Crippen molar-refractivity contribution in [3.63, 3.8) is 0 Å². The third-order valence-corrected chi connectivity index (χ3v) is 5.40. The molecule has 0 atom stereocenters. The summed E-state index contributed by atoms with van der Waals surface area (Å²) in [6.07, 6.45) is 0.441. The third-order valence-electron chi connectivity index (χ3n) is 2.85. The quantitative estimate of drug-likeness (QED) is 0.753. The Morgan fingerprint density at radius 3 is 2.86 bits per heavy atom. The fourth-order valence-corrected chi connectivity index (χ4v) is 3.85. The predicted octanol–water partition coefficient (Wildman–Crippen LogP) is 0.149. The van der Waals surface area contributed by atoms with Crippen molar-refractivity contribution in [3.05, 3.63) is 21.9 Å². The highest BCUT2D eigenvalue weighted by Gasteiger charge is 2.23. The van der Waals surface area contributed by atoms with Crippen LogP contribution in [0.15, 0.2) is 12.1 Å². The molecule has 1 aromatic heterocycles. The average Bonchev–Trinajstić information content (AvgIpc) is 2.95. The number of rotatable bonds is 5. The molecule has 8 heteroatoms. The van der Waals surface area contributed by atoms with Gasteiger partial charge in [0.05, 0.1) is 24.7 Å². The van der Waals surface area contributed by atoms with Gasteiger partial charge in [-0.25, -0.2) is 0 Å². The van der Waals surface area contributed by atoms with Crippen molar-refractivity contribution in [2.45, 2.75) is 13.0 Å². The molecule has 1 aliphatic heterocycles. The predicted molar refractivity (Wildman–Crippen MR) is 81.1 cm³/mol. The first-order valence-corrected chi connectivity index (χ1v) is 8.88. The molecule has 2 heterocycles. The van der Waals surface area contributed by atoms with Crippen molar-refractivity contribution in [1.29, 1.82) is 0 Å². The van der Waals surface area contributed by atoms with E-state index in [0.717, 1.165) is 9.75 Å². The van der Waals surface area contributed by atoms with Crippen LogP contribution in [-0.4, -0.2) is 50.7 Å². The zero-order chi connectivity index (χ0) is 15.1. The second-order valence-corrected chi connectivity index (χ2v) is 7.30. The lowest BCUT2D eigenvalue weighted by molar-refractivity contribution is 0.0725. The van der Waals surface area contributed by atoms with Crippen LogP contribution in [0.4, 0.5) is 0 Å². The van der Waals surface area contributed by atoms with E-state index in [0.29, 0.717) is 32.7 Å². The van der Waals surface area contributed by atoms with Crippen LogP contribution in [0, 0.1) is 11.8 Å². The molecule has 21 heavy (non-hydrogen) atoms. The Bertz CT molecular complexity index is 610. The Hall–Kier alpha value is -0.950. The maximum atomic E-state index is 12.1. The first kappa shape index (κ1) is 16.4. The summed E-state index contributed by atoms with van der Waals surface area (Å²) in [5.74, 6) is 5.77. The van der Waals surface area contributed by atoms with Gasteiger partial charge in [0.15, 0.2) is 0 Å². The van der Waals surface area contributed by atoms with E-state index in [9.17, 15) is 8.42 Å². The Balaban J connectivity index is 1.89. The van der Waals surface area contributed by atoms with E-state index in [1.807, 2.05) is 12.1 Å². The van der Waals surface area contributed by atoms with Gasteiger partial charge >= 0.3 is 0 Å². The van der Waals surface area contributed by atoms with E-state index >= 15 is 0 Å². The molecule has 1 aromatic rings. The van der Waals surface area contributed by atoms with Gasteiger partial charge in [-0.3, -0.25) is 0 Å². The van der Waals surface area contributed by atoms with Crippen LogP contribution in [0.5, 0.6) is 0 Å². The molecule has 0 spiro atoms. The van der Waals surface area contributed by atoms with E-state index in [-0.39, 0.29) is 13.2 Å². The summed E-state index contributed by atoms with van der Waals surface area (Å²) in [6, 6.07) is 3.71. The lowest BCUT2D eigenvalue weighted by Crippen LogP contribution is -2.46. The molecule has 0 saturated carbocycles. The maximum Gasteiger partial charge on any atom is 0.279 e. The molecule has 0 aromatic carbocycles. The number of nitrogens with zero attached hydrogens (tertiary/aromatic N) is 1. The van der Waals surface area contributed by atoms with Crippen LogP contribution in [0.3, 0.4) is 0 Å². The molecule has 1 aliphatic rings. The second-order valence-electron chi connectivity index (χ2n) is 4.38. The first-order chi connectivity index (χ1) is 10.1. The molecule has 0 bridgehead atoms. The summed E-state index contributed by atoms with van der Waals surface area (Å²) in [5.41, 5.74) is 0. The third kappa shape index (κ3) is 5.07. The molecular weight excluding hydrogens is 312 g/mol. The minimum atomic E-state index is -3.45. The second kappa shape index (κ2) is 7.89.